The van der Waals surface area contributed by atoms with E-state index in [1.54, 1.807) is 7.11 Å². The van der Waals surface area contributed by atoms with E-state index in [1.165, 1.54) is 29.7 Å². The smallest absolute Gasteiger partial charge is 0.257 e. The summed E-state index contributed by atoms with van der Waals surface area (Å²) in [5.74, 6) is 0.559. The molecule has 2 aliphatic rings. The number of thiazole rings is 1. The number of ether oxygens (including phenoxy) is 2. The van der Waals surface area contributed by atoms with Crippen molar-refractivity contribution >= 4 is 38.3 Å². The molecule has 0 saturated carbocycles. The number of hydrogen-bond donors (Lipinski definition) is 1. The Balaban J connectivity index is 1.34. The molecule has 7 nitrogen and oxygen atoms in total. The monoisotopic (exact) mass is 452 g/mol. The normalized spacial score (nSPS) is 17.1. The van der Waals surface area contributed by atoms with Crippen LogP contribution in [0.4, 0.5) is 10.8 Å². The van der Waals surface area contributed by atoms with E-state index in [1.807, 2.05) is 30.3 Å². The number of benzene rings is 2. The largest absolute Gasteiger partial charge is 0.494 e. The minimum absolute atomic E-state index is 0.149. The summed E-state index contributed by atoms with van der Waals surface area (Å²) in [6, 6.07) is 11.9. The van der Waals surface area contributed by atoms with Gasteiger partial charge in [0, 0.05) is 25.2 Å². The Hall–Kier alpha value is -2.68. The van der Waals surface area contributed by atoms with Gasteiger partial charge in [-0.1, -0.05) is 23.5 Å². The molecule has 3 aromatic rings. The molecule has 0 unspecified atom stereocenters. The molecule has 2 aromatic carbocycles. The fourth-order valence-electron chi connectivity index (χ4n) is 4.37. The van der Waals surface area contributed by atoms with Crippen LogP contribution < -0.4 is 15.0 Å². The van der Waals surface area contributed by atoms with Crippen molar-refractivity contribution in [2.45, 2.75) is 19.4 Å². The molecule has 1 aromatic heterocycles. The highest BCUT2D eigenvalue weighted by molar-refractivity contribution is 7.23. The van der Waals surface area contributed by atoms with Gasteiger partial charge in [-0.15, -0.1) is 0 Å². The molecule has 3 heterocycles. The summed E-state index contributed by atoms with van der Waals surface area (Å²) in [7, 11) is 1.64. The van der Waals surface area contributed by atoms with Gasteiger partial charge >= 0.3 is 0 Å². The van der Waals surface area contributed by atoms with Gasteiger partial charge < -0.3 is 14.4 Å². The average molecular weight is 453 g/mol. The number of carbonyl (C=O) groups excluding carboxylic acids is 1. The van der Waals surface area contributed by atoms with Gasteiger partial charge in [-0.25, -0.2) is 4.98 Å². The standard InChI is InChI=1S/C24H28N4O3S/c1-30-20-9-8-19(28-12-14-31-15-13-28)22-21(20)25-24(32-22)26-23(29)18-6-4-17(5-7-18)16-27-10-2-3-11-27/h4-9H,2-3,10-16H2,1H3,(H,25,26,29). The molecule has 1 amide bonds. The molecular weight excluding hydrogens is 424 g/mol. The minimum Gasteiger partial charge on any atom is -0.494 e. The molecule has 32 heavy (non-hydrogen) atoms. The molecule has 0 bridgehead atoms. The van der Waals surface area contributed by atoms with Gasteiger partial charge in [0.25, 0.3) is 5.91 Å². The Kier molecular flexibility index (Phi) is 6.25. The van der Waals surface area contributed by atoms with Crippen LogP contribution in [0.25, 0.3) is 10.2 Å². The van der Waals surface area contributed by atoms with E-state index in [4.69, 9.17) is 9.47 Å². The zero-order valence-electron chi connectivity index (χ0n) is 18.3. The first-order chi connectivity index (χ1) is 15.7. The third kappa shape index (κ3) is 4.44. The molecular formula is C24H28N4O3S. The summed E-state index contributed by atoms with van der Waals surface area (Å²) in [6.45, 7) is 6.37. The van der Waals surface area contributed by atoms with Crippen molar-refractivity contribution in [2.75, 3.05) is 56.7 Å². The first kappa shape index (κ1) is 21.2. The van der Waals surface area contributed by atoms with E-state index in [-0.39, 0.29) is 5.91 Å². The lowest BCUT2D eigenvalue weighted by atomic mass is 10.1. The van der Waals surface area contributed by atoms with Gasteiger partial charge in [-0.2, -0.15) is 0 Å². The quantitative estimate of drug-likeness (QED) is 0.610. The first-order valence-corrected chi connectivity index (χ1v) is 12.0. The maximum Gasteiger partial charge on any atom is 0.257 e. The van der Waals surface area contributed by atoms with E-state index in [2.05, 4.69) is 26.2 Å². The van der Waals surface area contributed by atoms with Crippen molar-refractivity contribution < 1.29 is 14.3 Å². The van der Waals surface area contributed by atoms with Crippen molar-refractivity contribution in [2.24, 2.45) is 0 Å². The Bertz CT molecular complexity index is 1090. The number of amides is 1. The number of nitrogens with zero attached hydrogens (tertiary/aromatic N) is 3. The second kappa shape index (κ2) is 9.44. The van der Waals surface area contributed by atoms with E-state index < -0.39 is 0 Å². The lowest BCUT2D eigenvalue weighted by Crippen LogP contribution is -2.36. The number of nitrogens with one attached hydrogen (secondary N) is 1. The number of methoxy groups -OCH3 is 1. The Labute approximate surface area is 191 Å². The van der Waals surface area contributed by atoms with E-state index >= 15 is 0 Å². The number of morpholine rings is 1. The average Bonchev–Trinajstić information content (AvgIpc) is 3.49. The molecule has 5 rings (SSSR count). The number of carbonyl (C=O) groups is 1. The van der Waals surface area contributed by atoms with Crippen LogP contribution in [0.2, 0.25) is 0 Å². The number of hydrogen-bond acceptors (Lipinski definition) is 7. The van der Waals surface area contributed by atoms with Gasteiger partial charge in [-0.3, -0.25) is 15.0 Å². The molecule has 2 fully saturated rings. The molecule has 0 aliphatic carbocycles. The molecule has 2 saturated heterocycles. The number of likely N-dealkylation sites (tertiary alicyclic amines) is 1. The van der Waals surface area contributed by atoms with Gasteiger partial charge in [0.15, 0.2) is 5.13 Å². The molecule has 2 aliphatic heterocycles. The van der Waals surface area contributed by atoms with Crippen LogP contribution in [0.15, 0.2) is 36.4 Å². The summed E-state index contributed by atoms with van der Waals surface area (Å²) in [4.78, 5) is 22.3. The van der Waals surface area contributed by atoms with E-state index in [0.717, 1.165) is 48.6 Å². The highest BCUT2D eigenvalue weighted by Gasteiger charge is 2.20. The number of fused-ring (bicyclic) bond motifs is 1. The van der Waals surface area contributed by atoms with Crippen molar-refractivity contribution in [1.82, 2.24) is 9.88 Å². The van der Waals surface area contributed by atoms with Crippen LogP contribution >= 0.6 is 11.3 Å². The summed E-state index contributed by atoms with van der Waals surface area (Å²) in [6.07, 6.45) is 2.56. The predicted octanol–water partition coefficient (Wildman–Crippen LogP) is 3.99. The van der Waals surface area contributed by atoms with Crippen LogP contribution in [0.5, 0.6) is 5.75 Å². The molecule has 168 valence electrons. The van der Waals surface area contributed by atoms with Gasteiger partial charge in [0.2, 0.25) is 0 Å². The van der Waals surface area contributed by atoms with Gasteiger partial charge in [0.05, 0.1) is 30.7 Å². The number of rotatable bonds is 6. The highest BCUT2D eigenvalue weighted by Crippen LogP contribution is 2.39. The molecule has 8 heteroatoms. The lowest BCUT2D eigenvalue weighted by Gasteiger charge is -2.29. The Morgan fingerprint density at radius 2 is 1.84 bits per heavy atom. The zero-order valence-corrected chi connectivity index (χ0v) is 19.1. The fourth-order valence-corrected chi connectivity index (χ4v) is 5.39. The Morgan fingerprint density at radius 1 is 1.09 bits per heavy atom. The van der Waals surface area contributed by atoms with Crippen LogP contribution in [-0.2, 0) is 11.3 Å². The second-order valence-corrected chi connectivity index (χ2v) is 9.22. The first-order valence-electron chi connectivity index (χ1n) is 11.1. The van der Waals surface area contributed by atoms with Crippen molar-refractivity contribution in [3.8, 4) is 5.75 Å². The van der Waals surface area contributed by atoms with Crippen LogP contribution in [0.3, 0.4) is 0 Å². The maximum atomic E-state index is 12.9. The third-order valence-electron chi connectivity index (χ3n) is 6.10. The SMILES string of the molecule is COc1ccc(N2CCOCC2)c2sc(NC(=O)c3ccc(CN4CCCC4)cc3)nc12. The minimum atomic E-state index is -0.149. The zero-order chi connectivity index (χ0) is 21.9. The molecule has 0 radical (unpaired) electrons. The predicted molar refractivity (Wildman–Crippen MR) is 128 cm³/mol. The van der Waals surface area contributed by atoms with E-state index in [9.17, 15) is 4.79 Å². The number of anilines is 2. The molecule has 1 N–H and O–H groups in total. The lowest BCUT2D eigenvalue weighted by molar-refractivity contribution is 0.102. The van der Waals surface area contributed by atoms with Gasteiger partial charge in [0.1, 0.15) is 11.3 Å². The van der Waals surface area contributed by atoms with Crippen LogP contribution in [0, 0.1) is 0 Å². The van der Waals surface area contributed by atoms with Crippen LogP contribution in [-0.4, -0.2) is 62.3 Å². The topological polar surface area (TPSA) is 66.9 Å². The summed E-state index contributed by atoms with van der Waals surface area (Å²) >= 11 is 1.48. The van der Waals surface area contributed by atoms with Crippen molar-refractivity contribution in [3.05, 3.63) is 47.5 Å². The van der Waals surface area contributed by atoms with Gasteiger partial charge in [-0.05, 0) is 55.8 Å². The molecule has 0 atom stereocenters. The summed E-state index contributed by atoms with van der Waals surface area (Å²) in [5.41, 5.74) is 3.75. The maximum absolute atomic E-state index is 12.9. The van der Waals surface area contributed by atoms with Crippen molar-refractivity contribution in [3.63, 3.8) is 0 Å². The Morgan fingerprint density at radius 3 is 2.56 bits per heavy atom. The van der Waals surface area contributed by atoms with Crippen LogP contribution in [0.1, 0.15) is 28.8 Å². The fraction of sp³-hybridized carbons (Fsp3) is 0.417. The van der Waals surface area contributed by atoms with E-state index in [0.29, 0.717) is 29.7 Å². The third-order valence-corrected chi connectivity index (χ3v) is 7.09. The highest BCUT2D eigenvalue weighted by atomic mass is 32.1. The summed E-state index contributed by atoms with van der Waals surface area (Å²) in [5, 5.41) is 3.56. The van der Waals surface area contributed by atoms with Crippen molar-refractivity contribution in [1.29, 1.82) is 0 Å². The number of aromatic nitrogens is 1. The molecule has 0 spiro atoms. The second-order valence-electron chi connectivity index (χ2n) is 8.22. The summed E-state index contributed by atoms with van der Waals surface area (Å²) < 4.78 is 12.0.